The van der Waals surface area contributed by atoms with Crippen LogP contribution in [0.15, 0.2) is 91.0 Å². The zero-order chi connectivity index (χ0) is 47.9. The lowest BCUT2D eigenvalue weighted by atomic mass is 9.69. The van der Waals surface area contributed by atoms with Crippen molar-refractivity contribution >= 4 is 17.9 Å². The second-order valence-electron chi connectivity index (χ2n) is 24.3. The lowest BCUT2D eigenvalue weighted by Crippen LogP contribution is -2.66. The number of carbonyl (C=O) groups is 3. The number of piperidine rings is 3. The van der Waals surface area contributed by atoms with E-state index in [9.17, 15) is 9.59 Å². The summed E-state index contributed by atoms with van der Waals surface area (Å²) in [6.45, 7) is 26.2. The van der Waals surface area contributed by atoms with E-state index < -0.39 is 35.9 Å². The van der Waals surface area contributed by atoms with Crippen molar-refractivity contribution in [1.29, 1.82) is 0 Å². The van der Waals surface area contributed by atoms with Crippen LogP contribution in [0.25, 0.3) is 0 Å². The normalized spacial score (nSPS) is 31.7. The predicted octanol–water partition coefficient (Wildman–Crippen LogP) is 9.98. The molecule has 9 unspecified atom stereocenters. The summed E-state index contributed by atoms with van der Waals surface area (Å²) in [5, 5.41) is 11.5. The Morgan fingerprint density at radius 2 is 0.742 bits per heavy atom. The van der Waals surface area contributed by atoms with Gasteiger partial charge in [0.25, 0.3) is 0 Å². The van der Waals surface area contributed by atoms with Gasteiger partial charge in [-0.25, -0.2) is 0 Å². The molecule has 0 bridgehead atoms. The molecule has 3 heterocycles. The van der Waals surface area contributed by atoms with Crippen molar-refractivity contribution < 1.29 is 28.6 Å². The summed E-state index contributed by atoms with van der Waals surface area (Å²) in [7, 11) is 0. The molecule has 1 aliphatic carbocycles. The van der Waals surface area contributed by atoms with Crippen LogP contribution in [0.2, 0.25) is 0 Å². The molecule has 9 nitrogen and oxygen atoms in total. The minimum Gasteiger partial charge on any atom is -0.462 e. The molecule has 3 aromatic rings. The molecule has 4 aliphatic rings. The van der Waals surface area contributed by atoms with Crippen LogP contribution in [0.4, 0.5) is 0 Å². The number of hydrogen-bond donors (Lipinski definition) is 3. The maximum atomic E-state index is 15.2. The van der Waals surface area contributed by atoms with Gasteiger partial charge in [-0.1, -0.05) is 91.0 Å². The Hall–Kier alpha value is -4.05. The highest BCUT2D eigenvalue weighted by Crippen LogP contribution is 2.44. The Bertz CT molecular complexity index is 2130. The fourth-order valence-corrected chi connectivity index (χ4v) is 13.2. The van der Waals surface area contributed by atoms with E-state index >= 15 is 4.79 Å². The van der Waals surface area contributed by atoms with Crippen LogP contribution in [0.5, 0.6) is 0 Å². The molecular weight excluding hydrogens is 823 g/mol. The van der Waals surface area contributed by atoms with Crippen molar-refractivity contribution in [2.75, 3.05) is 0 Å². The van der Waals surface area contributed by atoms with Gasteiger partial charge in [0.1, 0.15) is 18.3 Å². The van der Waals surface area contributed by atoms with Crippen LogP contribution in [0.3, 0.4) is 0 Å². The summed E-state index contributed by atoms with van der Waals surface area (Å²) in [5.74, 6) is -3.37. The van der Waals surface area contributed by atoms with E-state index in [1.165, 1.54) is 16.7 Å². The molecule has 360 valence electrons. The molecule has 0 aromatic heterocycles. The molecular formula is C57H81N3O6. The molecule has 0 amide bonds. The maximum Gasteiger partial charge on any atom is 0.310 e. The minimum absolute atomic E-state index is 0.0134. The Morgan fingerprint density at radius 3 is 1.08 bits per heavy atom. The Balaban J connectivity index is 1.18. The van der Waals surface area contributed by atoms with Crippen molar-refractivity contribution in [1.82, 2.24) is 16.0 Å². The van der Waals surface area contributed by atoms with E-state index in [0.29, 0.717) is 32.1 Å². The average molecular weight is 904 g/mol. The van der Waals surface area contributed by atoms with Crippen LogP contribution in [-0.2, 0) is 47.9 Å². The number of carbonyl (C=O) groups excluding carboxylic acids is 3. The smallest absolute Gasteiger partial charge is 0.310 e. The molecule has 7 rings (SSSR count). The van der Waals surface area contributed by atoms with Crippen molar-refractivity contribution in [3.05, 3.63) is 108 Å². The zero-order valence-corrected chi connectivity index (χ0v) is 42.2. The van der Waals surface area contributed by atoms with Crippen LogP contribution in [0, 0.1) is 35.5 Å². The second-order valence-corrected chi connectivity index (χ2v) is 24.3. The highest BCUT2D eigenvalue weighted by molar-refractivity contribution is 5.84. The SMILES string of the molecule is CC1(C)CC(OC(=O)C2CCC(C(=O)OC3CC(C)(C)NC(C)(C)C3Cc3ccccc3)C(C(=O)OC3CC(C)(C)NC(C)(C)C3Cc3ccccc3)C2)C(Cc2ccccc2)C(C)(C)N1. The predicted molar refractivity (Wildman–Crippen MR) is 263 cm³/mol. The molecule has 1 saturated carbocycles. The summed E-state index contributed by atoms with van der Waals surface area (Å²) in [6.07, 6.45) is 3.85. The summed E-state index contributed by atoms with van der Waals surface area (Å²) in [4.78, 5) is 44.8. The quantitative estimate of drug-likeness (QED) is 0.121. The van der Waals surface area contributed by atoms with Gasteiger partial charge in [0, 0.05) is 70.2 Å². The van der Waals surface area contributed by atoms with Gasteiger partial charge in [-0.2, -0.15) is 0 Å². The van der Waals surface area contributed by atoms with E-state index in [4.69, 9.17) is 14.2 Å². The average Bonchev–Trinajstić information content (AvgIpc) is 3.21. The van der Waals surface area contributed by atoms with Crippen LogP contribution >= 0.6 is 0 Å². The summed E-state index contributed by atoms with van der Waals surface area (Å²) in [5.41, 5.74) is 1.65. The van der Waals surface area contributed by atoms with E-state index in [1.54, 1.807) is 0 Å². The number of nitrogens with one attached hydrogen (secondary N) is 3. The third-order valence-electron chi connectivity index (χ3n) is 15.7. The minimum atomic E-state index is -0.876. The fraction of sp³-hybridized carbons (Fsp3) is 0.632. The molecule has 9 heteroatoms. The zero-order valence-electron chi connectivity index (χ0n) is 42.2. The molecule has 4 fully saturated rings. The van der Waals surface area contributed by atoms with Crippen LogP contribution in [-0.4, -0.2) is 69.5 Å². The first kappa shape index (κ1) is 49.8. The highest BCUT2D eigenvalue weighted by atomic mass is 16.6. The Morgan fingerprint density at radius 1 is 0.439 bits per heavy atom. The number of benzene rings is 3. The van der Waals surface area contributed by atoms with E-state index in [2.05, 4.69) is 160 Å². The van der Waals surface area contributed by atoms with Crippen LogP contribution in [0.1, 0.15) is 138 Å². The first-order valence-corrected chi connectivity index (χ1v) is 24.9. The van der Waals surface area contributed by atoms with E-state index in [-0.39, 0.29) is 75.5 Å². The summed E-state index contributed by atoms with van der Waals surface area (Å²) < 4.78 is 20.2. The van der Waals surface area contributed by atoms with Crippen molar-refractivity contribution in [3.63, 3.8) is 0 Å². The molecule has 3 aliphatic heterocycles. The van der Waals surface area contributed by atoms with Gasteiger partial charge in [-0.05, 0) is 138 Å². The molecule has 9 atom stereocenters. The molecule has 3 N–H and O–H groups in total. The van der Waals surface area contributed by atoms with Gasteiger partial charge >= 0.3 is 17.9 Å². The number of rotatable bonds is 12. The number of ether oxygens (including phenoxy) is 3. The third kappa shape index (κ3) is 12.0. The molecule has 0 spiro atoms. The first-order valence-electron chi connectivity index (χ1n) is 24.9. The van der Waals surface area contributed by atoms with E-state index in [0.717, 1.165) is 19.3 Å². The van der Waals surface area contributed by atoms with Crippen LogP contribution < -0.4 is 16.0 Å². The standard InChI is InChI=1S/C57H81N3O6/c1-52(2)34-46(43(55(7,8)58-52)30-37-22-16-13-17-23-37)64-49(61)40-28-29-41(50(62)65-47-35-53(3,4)59-56(9,10)44(47)31-38-24-18-14-19-25-38)42(33-40)51(63)66-48-36-54(5,6)60-57(11,12)45(48)32-39-26-20-15-21-27-39/h13-27,40-48,58-60H,28-36H2,1-12H3. The second kappa shape index (κ2) is 19.2. The van der Waals surface area contributed by atoms with Gasteiger partial charge in [0.15, 0.2) is 0 Å². The first-order chi connectivity index (χ1) is 30.8. The molecule has 0 radical (unpaired) electrons. The van der Waals surface area contributed by atoms with Gasteiger partial charge in [0.05, 0.1) is 17.8 Å². The Kier molecular flexibility index (Phi) is 14.5. The lowest BCUT2D eigenvalue weighted by Gasteiger charge is -2.52. The summed E-state index contributed by atoms with van der Waals surface area (Å²) in [6, 6.07) is 31.1. The van der Waals surface area contributed by atoms with Crippen molar-refractivity contribution in [3.8, 4) is 0 Å². The Labute approximate surface area is 396 Å². The van der Waals surface area contributed by atoms with Crippen molar-refractivity contribution in [2.45, 2.75) is 192 Å². The molecule has 3 saturated heterocycles. The summed E-state index contributed by atoms with van der Waals surface area (Å²) >= 11 is 0. The van der Waals surface area contributed by atoms with E-state index in [1.807, 2.05) is 30.3 Å². The third-order valence-corrected chi connectivity index (χ3v) is 15.7. The largest absolute Gasteiger partial charge is 0.462 e. The monoisotopic (exact) mass is 904 g/mol. The maximum absolute atomic E-state index is 15.2. The fourth-order valence-electron chi connectivity index (χ4n) is 13.2. The van der Waals surface area contributed by atoms with Gasteiger partial charge in [-0.3, -0.25) is 14.4 Å². The van der Waals surface area contributed by atoms with Gasteiger partial charge < -0.3 is 30.2 Å². The van der Waals surface area contributed by atoms with Crippen molar-refractivity contribution in [2.24, 2.45) is 35.5 Å². The molecule has 3 aromatic carbocycles. The highest BCUT2D eigenvalue weighted by Gasteiger charge is 2.53. The van der Waals surface area contributed by atoms with Gasteiger partial charge in [-0.15, -0.1) is 0 Å². The topological polar surface area (TPSA) is 115 Å². The lowest BCUT2D eigenvalue weighted by molar-refractivity contribution is -0.182. The number of esters is 3. The number of hydrogen-bond acceptors (Lipinski definition) is 9. The van der Waals surface area contributed by atoms with Gasteiger partial charge in [0.2, 0.25) is 0 Å². The molecule has 66 heavy (non-hydrogen) atoms.